The van der Waals surface area contributed by atoms with Crippen molar-refractivity contribution in [1.29, 1.82) is 0 Å². The molecule has 0 aromatic heterocycles. The van der Waals surface area contributed by atoms with Gasteiger partial charge in [-0.15, -0.1) is 0 Å². The fourth-order valence-corrected chi connectivity index (χ4v) is 3.71. The van der Waals surface area contributed by atoms with Crippen LogP contribution in [0.25, 0.3) is 0 Å². The van der Waals surface area contributed by atoms with Gasteiger partial charge in [0.15, 0.2) is 0 Å². The Morgan fingerprint density at radius 1 is 1.00 bits per heavy atom. The van der Waals surface area contributed by atoms with Crippen molar-refractivity contribution in [3.8, 4) is 0 Å². The smallest absolute Gasteiger partial charge is 0.251 e. The zero-order chi connectivity index (χ0) is 20.2. The molecule has 1 N–H and O–H groups in total. The third-order valence-corrected chi connectivity index (χ3v) is 6.42. The van der Waals surface area contributed by atoms with Gasteiger partial charge in [0, 0.05) is 19.7 Å². The van der Waals surface area contributed by atoms with Gasteiger partial charge in [0.05, 0.1) is 10.9 Å². The maximum Gasteiger partial charge on any atom is 0.251 e. The van der Waals surface area contributed by atoms with E-state index in [0.717, 1.165) is 16.3 Å². The molecular formula is C21H28N2O3S. The van der Waals surface area contributed by atoms with Gasteiger partial charge in [0.2, 0.25) is 10.0 Å². The summed E-state index contributed by atoms with van der Waals surface area (Å²) in [6.45, 7) is 6.23. The van der Waals surface area contributed by atoms with Crippen LogP contribution in [0.5, 0.6) is 0 Å². The van der Waals surface area contributed by atoms with Gasteiger partial charge >= 0.3 is 0 Å². The van der Waals surface area contributed by atoms with Crippen LogP contribution in [0.3, 0.4) is 0 Å². The van der Waals surface area contributed by atoms with Gasteiger partial charge in [-0.25, -0.2) is 12.7 Å². The summed E-state index contributed by atoms with van der Waals surface area (Å²) in [5.74, 6) is -0.00288. The number of nitrogens with one attached hydrogen (secondary N) is 1. The first-order chi connectivity index (χ1) is 12.7. The van der Waals surface area contributed by atoms with Crippen molar-refractivity contribution in [3.05, 3.63) is 65.2 Å². The molecule has 0 bridgehead atoms. The van der Waals surface area contributed by atoms with E-state index in [4.69, 9.17) is 0 Å². The first-order valence-corrected chi connectivity index (χ1v) is 10.5. The molecule has 0 aliphatic carbocycles. The normalized spacial score (nSPS) is 13.0. The molecule has 0 saturated heterocycles. The Hall–Kier alpha value is -2.18. The van der Waals surface area contributed by atoms with Crippen molar-refractivity contribution < 1.29 is 13.2 Å². The molecule has 0 aliphatic rings. The van der Waals surface area contributed by atoms with E-state index in [2.05, 4.69) is 50.4 Å². The lowest BCUT2D eigenvalue weighted by atomic mass is 9.94. The molecule has 6 heteroatoms. The lowest BCUT2D eigenvalue weighted by Gasteiger charge is -2.23. The SMILES string of the molecule is CCc1ccc([C@H](NC(=O)c2ccc(S(=O)(=O)N(C)C)cc2)C(C)C)cc1. The molecule has 0 saturated carbocycles. The zero-order valence-corrected chi connectivity index (χ0v) is 17.4. The average Bonchev–Trinajstić information content (AvgIpc) is 2.65. The quantitative estimate of drug-likeness (QED) is 0.788. The summed E-state index contributed by atoms with van der Waals surface area (Å²) in [7, 11) is -0.546. The summed E-state index contributed by atoms with van der Waals surface area (Å²) < 4.78 is 25.4. The van der Waals surface area contributed by atoms with E-state index in [-0.39, 0.29) is 22.8 Å². The topological polar surface area (TPSA) is 66.5 Å². The van der Waals surface area contributed by atoms with Gasteiger partial charge in [-0.05, 0) is 47.7 Å². The molecule has 27 heavy (non-hydrogen) atoms. The molecule has 5 nitrogen and oxygen atoms in total. The first-order valence-electron chi connectivity index (χ1n) is 9.09. The minimum atomic E-state index is -3.50. The molecule has 2 aromatic rings. The van der Waals surface area contributed by atoms with Crippen LogP contribution in [-0.2, 0) is 16.4 Å². The number of rotatable bonds is 7. The number of benzene rings is 2. The molecule has 1 amide bonds. The predicted octanol–water partition coefficient (Wildman–Crippen LogP) is 3.63. The van der Waals surface area contributed by atoms with Crippen molar-refractivity contribution in [2.75, 3.05) is 14.1 Å². The van der Waals surface area contributed by atoms with Crippen LogP contribution >= 0.6 is 0 Å². The summed E-state index contributed by atoms with van der Waals surface area (Å²) in [5.41, 5.74) is 2.75. The Kier molecular flexibility index (Phi) is 6.78. The number of hydrogen-bond donors (Lipinski definition) is 1. The van der Waals surface area contributed by atoms with Crippen molar-refractivity contribution in [1.82, 2.24) is 9.62 Å². The summed E-state index contributed by atoms with van der Waals surface area (Å²) in [6, 6.07) is 14.2. The Morgan fingerprint density at radius 3 is 2.00 bits per heavy atom. The number of hydrogen-bond acceptors (Lipinski definition) is 3. The minimum absolute atomic E-state index is 0.117. The monoisotopic (exact) mass is 388 g/mol. The summed E-state index contributed by atoms with van der Waals surface area (Å²) >= 11 is 0. The van der Waals surface area contributed by atoms with Crippen LogP contribution in [0.15, 0.2) is 53.4 Å². The Morgan fingerprint density at radius 2 is 1.56 bits per heavy atom. The zero-order valence-electron chi connectivity index (χ0n) is 16.6. The van der Waals surface area contributed by atoms with Crippen LogP contribution in [0.2, 0.25) is 0 Å². The Labute approximate surface area is 162 Å². The van der Waals surface area contributed by atoms with Gasteiger partial charge in [-0.2, -0.15) is 0 Å². The molecule has 0 heterocycles. The van der Waals surface area contributed by atoms with Gasteiger partial charge in [-0.3, -0.25) is 4.79 Å². The lowest BCUT2D eigenvalue weighted by Crippen LogP contribution is -2.31. The average molecular weight is 389 g/mol. The molecule has 0 aliphatic heterocycles. The predicted molar refractivity (Wildman–Crippen MR) is 108 cm³/mol. The standard InChI is InChI=1S/C21H28N2O3S/c1-6-16-7-9-17(10-8-16)20(15(2)3)22-21(24)18-11-13-19(14-12-18)27(25,26)23(4)5/h7-15,20H,6H2,1-5H3,(H,22,24)/t20-/m1/s1. The van der Waals surface area contributed by atoms with Crippen LogP contribution < -0.4 is 5.32 Å². The Bertz CT molecular complexity index is 871. The third-order valence-electron chi connectivity index (χ3n) is 4.60. The van der Waals surface area contributed by atoms with Gasteiger partial charge in [0.1, 0.15) is 0 Å². The molecule has 0 radical (unpaired) electrons. The second kappa shape index (κ2) is 8.67. The van der Waals surface area contributed by atoms with E-state index in [1.165, 1.54) is 31.8 Å². The molecule has 2 rings (SSSR count). The molecule has 0 spiro atoms. The van der Waals surface area contributed by atoms with Crippen LogP contribution in [0.1, 0.15) is 48.3 Å². The van der Waals surface area contributed by atoms with Gasteiger partial charge in [-0.1, -0.05) is 45.0 Å². The summed E-state index contributed by atoms with van der Waals surface area (Å²) in [4.78, 5) is 12.8. The second-order valence-corrected chi connectivity index (χ2v) is 9.25. The fourth-order valence-electron chi connectivity index (χ4n) is 2.81. The number of nitrogens with zero attached hydrogens (tertiary/aromatic N) is 1. The highest BCUT2D eigenvalue weighted by atomic mass is 32.2. The van der Waals surface area contributed by atoms with Crippen molar-refractivity contribution in [2.45, 2.75) is 38.1 Å². The largest absolute Gasteiger partial charge is 0.345 e. The van der Waals surface area contributed by atoms with Crippen molar-refractivity contribution in [3.63, 3.8) is 0 Å². The molecule has 1 atom stereocenters. The highest BCUT2D eigenvalue weighted by Gasteiger charge is 2.21. The molecule has 2 aromatic carbocycles. The van der Waals surface area contributed by atoms with E-state index in [1.54, 1.807) is 12.1 Å². The molecular weight excluding hydrogens is 360 g/mol. The number of sulfonamides is 1. The fraction of sp³-hybridized carbons (Fsp3) is 0.381. The maximum absolute atomic E-state index is 12.7. The maximum atomic E-state index is 12.7. The van der Waals surface area contributed by atoms with E-state index in [9.17, 15) is 13.2 Å². The molecule has 0 fully saturated rings. The number of amides is 1. The van der Waals surface area contributed by atoms with Gasteiger partial charge in [0.25, 0.3) is 5.91 Å². The minimum Gasteiger partial charge on any atom is -0.345 e. The third kappa shape index (κ3) is 4.96. The highest BCUT2D eigenvalue weighted by molar-refractivity contribution is 7.89. The van der Waals surface area contributed by atoms with E-state index >= 15 is 0 Å². The Balaban J connectivity index is 2.20. The lowest BCUT2D eigenvalue weighted by molar-refractivity contribution is 0.0925. The van der Waals surface area contributed by atoms with E-state index in [0.29, 0.717) is 5.56 Å². The first kappa shape index (κ1) is 21.1. The van der Waals surface area contributed by atoms with Crippen molar-refractivity contribution >= 4 is 15.9 Å². The molecule has 0 unspecified atom stereocenters. The number of aryl methyl sites for hydroxylation is 1. The second-order valence-electron chi connectivity index (χ2n) is 7.10. The van der Waals surface area contributed by atoms with Crippen molar-refractivity contribution in [2.24, 2.45) is 5.92 Å². The summed E-state index contributed by atoms with van der Waals surface area (Å²) in [5, 5.41) is 3.07. The van der Waals surface area contributed by atoms with Crippen LogP contribution in [0, 0.1) is 5.92 Å². The van der Waals surface area contributed by atoms with Crippen LogP contribution in [0.4, 0.5) is 0 Å². The van der Waals surface area contributed by atoms with Crippen LogP contribution in [-0.4, -0.2) is 32.7 Å². The number of carbonyl (C=O) groups is 1. The van der Waals surface area contributed by atoms with E-state index in [1.807, 2.05) is 0 Å². The van der Waals surface area contributed by atoms with E-state index < -0.39 is 10.0 Å². The van der Waals surface area contributed by atoms with Gasteiger partial charge < -0.3 is 5.32 Å². The molecule has 146 valence electrons. The highest BCUT2D eigenvalue weighted by Crippen LogP contribution is 2.23. The summed E-state index contributed by atoms with van der Waals surface area (Å²) in [6.07, 6.45) is 0.973. The number of carbonyl (C=O) groups excluding carboxylic acids is 1.